The Bertz CT molecular complexity index is 796. The Morgan fingerprint density at radius 3 is 2.90 bits per heavy atom. The number of thioether (sulfide) groups is 1. The zero-order chi connectivity index (χ0) is 15.0. The normalized spacial score (nSPS) is 11.2. The molecule has 0 unspecified atom stereocenters. The second-order valence-electron chi connectivity index (χ2n) is 4.69. The van der Waals surface area contributed by atoms with Crippen LogP contribution in [0.25, 0.3) is 11.0 Å². The fraction of sp³-hybridized carbons (Fsp3) is 0.286. The second kappa shape index (κ2) is 5.61. The Labute approximate surface area is 131 Å². The number of ether oxygens (including phenoxy) is 1. The van der Waals surface area contributed by atoms with E-state index in [0.717, 1.165) is 38.9 Å². The van der Waals surface area contributed by atoms with Gasteiger partial charge in [0.25, 0.3) is 0 Å². The first kappa shape index (κ1) is 14.3. The number of aromatic amines is 1. The molecule has 0 atom stereocenters. The summed E-state index contributed by atoms with van der Waals surface area (Å²) >= 11 is 7.85. The lowest BCUT2D eigenvalue weighted by Gasteiger charge is -1.98. The van der Waals surface area contributed by atoms with E-state index in [1.807, 2.05) is 32.2 Å². The molecule has 0 saturated carbocycles. The van der Waals surface area contributed by atoms with Crippen LogP contribution in [-0.2, 0) is 12.8 Å². The molecule has 3 aromatic rings. The van der Waals surface area contributed by atoms with E-state index in [1.54, 1.807) is 23.6 Å². The Morgan fingerprint density at radius 2 is 2.24 bits per heavy atom. The van der Waals surface area contributed by atoms with Gasteiger partial charge in [-0.2, -0.15) is 5.10 Å². The quantitative estimate of drug-likeness (QED) is 0.746. The molecule has 0 radical (unpaired) electrons. The number of nitrogens with one attached hydrogen (secondary N) is 1. The summed E-state index contributed by atoms with van der Waals surface area (Å²) in [4.78, 5) is 7.84. The molecule has 0 aliphatic rings. The molecule has 1 N–H and O–H groups in total. The molecule has 0 spiro atoms. The zero-order valence-electron chi connectivity index (χ0n) is 12.0. The van der Waals surface area contributed by atoms with Crippen LogP contribution in [0.5, 0.6) is 5.75 Å². The number of methoxy groups -OCH3 is 1. The van der Waals surface area contributed by atoms with Gasteiger partial charge in [0.05, 0.1) is 23.8 Å². The van der Waals surface area contributed by atoms with E-state index < -0.39 is 0 Å². The molecule has 0 bridgehead atoms. The molecule has 2 aromatic heterocycles. The van der Waals surface area contributed by atoms with Crippen LogP contribution in [-0.4, -0.2) is 26.9 Å². The van der Waals surface area contributed by atoms with Crippen molar-refractivity contribution >= 4 is 34.4 Å². The summed E-state index contributed by atoms with van der Waals surface area (Å²) < 4.78 is 6.90. The van der Waals surface area contributed by atoms with E-state index in [2.05, 4.69) is 15.1 Å². The van der Waals surface area contributed by atoms with Crippen molar-refractivity contribution in [2.24, 2.45) is 7.05 Å². The number of nitrogens with zero attached hydrogens (tertiary/aromatic N) is 3. The number of hydrogen-bond donors (Lipinski definition) is 1. The van der Waals surface area contributed by atoms with Gasteiger partial charge in [-0.1, -0.05) is 23.4 Å². The third kappa shape index (κ3) is 2.73. The van der Waals surface area contributed by atoms with E-state index in [9.17, 15) is 0 Å². The van der Waals surface area contributed by atoms with E-state index in [0.29, 0.717) is 5.15 Å². The predicted octanol–water partition coefficient (Wildman–Crippen LogP) is 3.56. The Balaban J connectivity index is 1.82. The standard InChI is InChI=1S/C14H15ClN4OS/c1-8-10(13(15)19(2)18-8)7-21-14-16-11-5-4-9(20-3)6-12(11)17-14/h4-6H,7H2,1-3H3,(H,16,17). The average molecular weight is 323 g/mol. The highest BCUT2D eigenvalue weighted by Crippen LogP contribution is 2.29. The van der Waals surface area contributed by atoms with Crippen molar-refractivity contribution < 1.29 is 4.74 Å². The Hall–Kier alpha value is -1.66. The first-order chi connectivity index (χ1) is 10.1. The highest BCUT2D eigenvalue weighted by molar-refractivity contribution is 7.98. The first-order valence-corrected chi connectivity index (χ1v) is 7.79. The molecule has 0 aliphatic carbocycles. The molecule has 21 heavy (non-hydrogen) atoms. The molecule has 1 aromatic carbocycles. The van der Waals surface area contributed by atoms with Crippen LogP contribution in [0.3, 0.4) is 0 Å². The lowest BCUT2D eigenvalue weighted by Crippen LogP contribution is -1.89. The van der Waals surface area contributed by atoms with Gasteiger partial charge in [-0.3, -0.25) is 4.68 Å². The Morgan fingerprint density at radius 1 is 1.43 bits per heavy atom. The average Bonchev–Trinajstić information content (AvgIpc) is 2.98. The molecule has 110 valence electrons. The van der Waals surface area contributed by atoms with Crippen LogP contribution >= 0.6 is 23.4 Å². The number of imidazole rings is 1. The third-order valence-corrected chi connectivity index (χ3v) is 4.66. The molecule has 5 nitrogen and oxygen atoms in total. The summed E-state index contributed by atoms with van der Waals surface area (Å²) in [5, 5.41) is 5.85. The highest BCUT2D eigenvalue weighted by Gasteiger charge is 2.12. The number of fused-ring (bicyclic) bond motifs is 1. The van der Waals surface area contributed by atoms with Crippen molar-refractivity contribution in [3.05, 3.63) is 34.6 Å². The van der Waals surface area contributed by atoms with E-state index in [4.69, 9.17) is 16.3 Å². The van der Waals surface area contributed by atoms with Crippen LogP contribution in [0.4, 0.5) is 0 Å². The van der Waals surface area contributed by atoms with E-state index in [1.165, 1.54) is 0 Å². The minimum absolute atomic E-state index is 0.679. The number of aromatic nitrogens is 4. The zero-order valence-corrected chi connectivity index (χ0v) is 13.5. The van der Waals surface area contributed by atoms with Crippen LogP contribution < -0.4 is 4.74 Å². The fourth-order valence-electron chi connectivity index (χ4n) is 2.14. The third-order valence-electron chi connectivity index (χ3n) is 3.29. The lowest BCUT2D eigenvalue weighted by atomic mass is 10.3. The number of halogens is 1. The van der Waals surface area contributed by atoms with Crippen LogP contribution in [0, 0.1) is 6.92 Å². The summed E-state index contributed by atoms with van der Waals surface area (Å²) in [7, 11) is 3.50. The van der Waals surface area contributed by atoms with Crippen molar-refractivity contribution in [1.82, 2.24) is 19.7 Å². The maximum absolute atomic E-state index is 6.24. The fourth-order valence-corrected chi connectivity index (χ4v) is 3.43. The highest BCUT2D eigenvalue weighted by atomic mass is 35.5. The number of hydrogen-bond acceptors (Lipinski definition) is 4. The van der Waals surface area contributed by atoms with Crippen LogP contribution in [0.2, 0.25) is 5.15 Å². The maximum atomic E-state index is 6.24. The van der Waals surface area contributed by atoms with Gasteiger partial charge in [0.1, 0.15) is 10.9 Å². The van der Waals surface area contributed by atoms with Crippen molar-refractivity contribution in [3.63, 3.8) is 0 Å². The van der Waals surface area contributed by atoms with Gasteiger partial charge in [0.15, 0.2) is 5.16 Å². The summed E-state index contributed by atoms with van der Waals surface area (Å²) in [6.45, 7) is 1.96. The number of H-pyrrole nitrogens is 1. The first-order valence-electron chi connectivity index (χ1n) is 6.43. The molecule has 0 fully saturated rings. The number of aryl methyl sites for hydroxylation is 2. The molecular weight excluding hydrogens is 308 g/mol. The summed E-state index contributed by atoms with van der Waals surface area (Å²) in [5.41, 5.74) is 3.88. The largest absolute Gasteiger partial charge is 0.497 e. The van der Waals surface area contributed by atoms with Crippen molar-refractivity contribution in [2.45, 2.75) is 17.8 Å². The molecule has 0 saturated heterocycles. The molecular formula is C14H15ClN4OS. The lowest BCUT2D eigenvalue weighted by molar-refractivity contribution is 0.415. The van der Waals surface area contributed by atoms with Crippen molar-refractivity contribution in [3.8, 4) is 5.75 Å². The Kier molecular flexibility index (Phi) is 3.82. The number of benzene rings is 1. The van der Waals surface area contributed by atoms with Crippen molar-refractivity contribution in [1.29, 1.82) is 0 Å². The monoisotopic (exact) mass is 322 g/mol. The van der Waals surface area contributed by atoms with Gasteiger partial charge < -0.3 is 9.72 Å². The van der Waals surface area contributed by atoms with Gasteiger partial charge in [-0.05, 0) is 19.1 Å². The summed E-state index contributed by atoms with van der Waals surface area (Å²) in [6.07, 6.45) is 0. The maximum Gasteiger partial charge on any atom is 0.166 e. The smallest absolute Gasteiger partial charge is 0.166 e. The van der Waals surface area contributed by atoms with E-state index in [-0.39, 0.29) is 0 Å². The summed E-state index contributed by atoms with van der Waals surface area (Å²) in [5.74, 6) is 1.55. The van der Waals surface area contributed by atoms with E-state index >= 15 is 0 Å². The number of rotatable bonds is 4. The molecule has 7 heteroatoms. The van der Waals surface area contributed by atoms with Crippen molar-refractivity contribution in [2.75, 3.05) is 7.11 Å². The summed E-state index contributed by atoms with van der Waals surface area (Å²) in [6, 6.07) is 5.78. The SMILES string of the molecule is COc1ccc2nc(SCc3c(C)nn(C)c3Cl)[nH]c2c1. The van der Waals surface area contributed by atoms with Gasteiger partial charge in [0, 0.05) is 24.4 Å². The van der Waals surface area contributed by atoms with Gasteiger partial charge in [-0.25, -0.2) is 4.98 Å². The van der Waals surface area contributed by atoms with Crippen LogP contribution in [0.1, 0.15) is 11.3 Å². The minimum atomic E-state index is 0.679. The minimum Gasteiger partial charge on any atom is -0.497 e. The molecule has 3 rings (SSSR count). The van der Waals surface area contributed by atoms with Crippen LogP contribution in [0.15, 0.2) is 23.4 Å². The topological polar surface area (TPSA) is 55.7 Å². The molecule has 0 aliphatic heterocycles. The predicted molar refractivity (Wildman–Crippen MR) is 85.2 cm³/mol. The molecule has 0 amide bonds. The van der Waals surface area contributed by atoms with Gasteiger partial charge in [-0.15, -0.1) is 0 Å². The second-order valence-corrected chi connectivity index (χ2v) is 6.01. The molecule has 2 heterocycles. The van der Waals surface area contributed by atoms with Gasteiger partial charge in [0.2, 0.25) is 0 Å². The van der Waals surface area contributed by atoms with Gasteiger partial charge >= 0.3 is 0 Å².